The minimum absolute atomic E-state index is 0.280. The molecule has 1 aliphatic rings. The second-order valence-electron chi connectivity index (χ2n) is 3.96. The Morgan fingerprint density at radius 3 is 2.71 bits per heavy atom. The number of halogens is 1. The van der Waals surface area contributed by atoms with E-state index >= 15 is 0 Å². The number of rotatable bonds is 4. The van der Waals surface area contributed by atoms with Crippen LogP contribution in [-0.4, -0.2) is 11.7 Å². The van der Waals surface area contributed by atoms with Crippen LogP contribution in [0.3, 0.4) is 0 Å². The third kappa shape index (κ3) is 2.37. The van der Waals surface area contributed by atoms with Gasteiger partial charge in [0.15, 0.2) is 0 Å². The molecule has 1 aromatic rings. The SMILES string of the molecule is OCCCc1ccc(C2CC2)c(Br)c1. The number of hydrogen-bond acceptors (Lipinski definition) is 1. The van der Waals surface area contributed by atoms with Gasteiger partial charge in [0.2, 0.25) is 0 Å². The fourth-order valence-electron chi connectivity index (χ4n) is 1.73. The summed E-state index contributed by atoms with van der Waals surface area (Å²) in [6, 6.07) is 6.62. The Balaban J connectivity index is 2.09. The van der Waals surface area contributed by atoms with Gasteiger partial charge in [0.25, 0.3) is 0 Å². The number of hydrogen-bond donors (Lipinski definition) is 1. The van der Waals surface area contributed by atoms with Crippen LogP contribution in [0.25, 0.3) is 0 Å². The highest BCUT2D eigenvalue weighted by molar-refractivity contribution is 9.10. The molecule has 1 aromatic carbocycles. The monoisotopic (exact) mass is 254 g/mol. The summed E-state index contributed by atoms with van der Waals surface area (Å²) in [6.07, 6.45) is 4.51. The molecule has 0 aliphatic heterocycles. The number of aryl methyl sites for hydroxylation is 1. The average Bonchev–Trinajstić information content (AvgIpc) is 2.98. The van der Waals surface area contributed by atoms with Crippen molar-refractivity contribution in [3.63, 3.8) is 0 Å². The first kappa shape index (κ1) is 10.2. The summed E-state index contributed by atoms with van der Waals surface area (Å²) < 4.78 is 1.25. The molecular formula is C12H15BrO. The van der Waals surface area contributed by atoms with Crippen LogP contribution in [0.4, 0.5) is 0 Å². The molecule has 2 heteroatoms. The molecule has 1 N–H and O–H groups in total. The van der Waals surface area contributed by atoms with Crippen LogP contribution in [0.1, 0.15) is 36.3 Å². The first-order valence-corrected chi connectivity index (χ1v) is 5.99. The Morgan fingerprint density at radius 2 is 2.14 bits per heavy atom. The molecule has 0 amide bonds. The summed E-state index contributed by atoms with van der Waals surface area (Å²) in [5, 5.41) is 8.74. The summed E-state index contributed by atoms with van der Waals surface area (Å²) in [7, 11) is 0. The molecule has 0 saturated heterocycles. The molecule has 14 heavy (non-hydrogen) atoms. The minimum atomic E-state index is 0.280. The van der Waals surface area contributed by atoms with E-state index in [-0.39, 0.29) is 6.61 Å². The lowest BCUT2D eigenvalue weighted by atomic mass is 10.1. The van der Waals surface area contributed by atoms with Crippen molar-refractivity contribution >= 4 is 15.9 Å². The Labute approximate surface area is 93.3 Å². The van der Waals surface area contributed by atoms with Crippen molar-refractivity contribution in [2.75, 3.05) is 6.61 Å². The highest BCUT2D eigenvalue weighted by Gasteiger charge is 2.25. The van der Waals surface area contributed by atoms with Gasteiger partial charge in [0.1, 0.15) is 0 Å². The lowest BCUT2D eigenvalue weighted by Gasteiger charge is -2.05. The van der Waals surface area contributed by atoms with Crippen molar-refractivity contribution in [1.29, 1.82) is 0 Å². The van der Waals surface area contributed by atoms with Crippen molar-refractivity contribution in [3.8, 4) is 0 Å². The van der Waals surface area contributed by atoms with Crippen molar-refractivity contribution in [3.05, 3.63) is 33.8 Å². The summed E-state index contributed by atoms with van der Waals surface area (Å²) in [5.41, 5.74) is 2.77. The molecule has 1 nitrogen and oxygen atoms in total. The number of aliphatic hydroxyl groups is 1. The van der Waals surface area contributed by atoms with E-state index in [1.54, 1.807) is 0 Å². The average molecular weight is 255 g/mol. The van der Waals surface area contributed by atoms with Crippen LogP contribution in [-0.2, 0) is 6.42 Å². The molecule has 0 heterocycles. The number of aliphatic hydroxyl groups excluding tert-OH is 1. The van der Waals surface area contributed by atoms with Gasteiger partial charge in [-0.1, -0.05) is 28.1 Å². The van der Waals surface area contributed by atoms with E-state index in [1.807, 2.05) is 0 Å². The summed E-state index contributed by atoms with van der Waals surface area (Å²) in [6.45, 7) is 0.280. The largest absolute Gasteiger partial charge is 0.396 e. The normalized spacial score (nSPS) is 15.9. The lowest BCUT2D eigenvalue weighted by Crippen LogP contribution is -1.91. The molecule has 0 radical (unpaired) electrons. The van der Waals surface area contributed by atoms with E-state index in [0.717, 1.165) is 18.8 Å². The van der Waals surface area contributed by atoms with Crippen LogP contribution in [0.5, 0.6) is 0 Å². The predicted molar refractivity (Wildman–Crippen MR) is 61.5 cm³/mol. The maximum atomic E-state index is 8.74. The second kappa shape index (κ2) is 4.45. The maximum absolute atomic E-state index is 8.74. The minimum Gasteiger partial charge on any atom is -0.396 e. The van der Waals surface area contributed by atoms with Crippen LogP contribution < -0.4 is 0 Å². The fraction of sp³-hybridized carbons (Fsp3) is 0.500. The maximum Gasteiger partial charge on any atom is 0.0434 e. The van der Waals surface area contributed by atoms with Gasteiger partial charge < -0.3 is 5.11 Å². The molecule has 1 aliphatic carbocycles. The van der Waals surface area contributed by atoms with Gasteiger partial charge in [-0.2, -0.15) is 0 Å². The van der Waals surface area contributed by atoms with Gasteiger partial charge in [-0.15, -0.1) is 0 Å². The Hall–Kier alpha value is -0.340. The van der Waals surface area contributed by atoms with E-state index < -0.39 is 0 Å². The third-order valence-electron chi connectivity index (χ3n) is 2.71. The highest BCUT2D eigenvalue weighted by Crippen LogP contribution is 2.43. The first-order chi connectivity index (χ1) is 6.81. The summed E-state index contributed by atoms with van der Waals surface area (Å²) >= 11 is 3.62. The lowest BCUT2D eigenvalue weighted by molar-refractivity contribution is 0.288. The van der Waals surface area contributed by atoms with Crippen LogP contribution in [0.2, 0.25) is 0 Å². The molecule has 0 bridgehead atoms. The number of benzene rings is 1. The van der Waals surface area contributed by atoms with Gasteiger partial charge in [0.05, 0.1) is 0 Å². The Morgan fingerprint density at radius 1 is 1.36 bits per heavy atom. The van der Waals surface area contributed by atoms with Crippen molar-refractivity contribution in [1.82, 2.24) is 0 Å². The quantitative estimate of drug-likeness (QED) is 0.875. The van der Waals surface area contributed by atoms with Gasteiger partial charge in [-0.05, 0) is 48.8 Å². The third-order valence-corrected chi connectivity index (χ3v) is 3.39. The predicted octanol–water partition coefficient (Wildman–Crippen LogP) is 3.25. The zero-order valence-electron chi connectivity index (χ0n) is 8.17. The molecule has 0 spiro atoms. The fourth-order valence-corrected chi connectivity index (χ4v) is 2.48. The zero-order valence-corrected chi connectivity index (χ0v) is 9.76. The molecule has 1 fully saturated rings. The Kier molecular flexibility index (Phi) is 3.24. The van der Waals surface area contributed by atoms with E-state index in [4.69, 9.17) is 5.11 Å². The first-order valence-electron chi connectivity index (χ1n) is 5.20. The Bertz CT molecular complexity index is 318. The summed E-state index contributed by atoms with van der Waals surface area (Å²) in [4.78, 5) is 0. The van der Waals surface area contributed by atoms with Crippen LogP contribution in [0, 0.1) is 0 Å². The van der Waals surface area contributed by atoms with E-state index in [9.17, 15) is 0 Å². The van der Waals surface area contributed by atoms with Crippen molar-refractivity contribution < 1.29 is 5.11 Å². The van der Waals surface area contributed by atoms with Gasteiger partial charge >= 0.3 is 0 Å². The van der Waals surface area contributed by atoms with E-state index in [2.05, 4.69) is 34.1 Å². The molecule has 76 valence electrons. The van der Waals surface area contributed by atoms with Gasteiger partial charge in [0, 0.05) is 11.1 Å². The molecular weight excluding hydrogens is 240 g/mol. The van der Waals surface area contributed by atoms with E-state index in [1.165, 1.54) is 28.4 Å². The molecule has 2 rings (SSSR count). The van der Waals surface area contributed by atoms with E-state index in [0.29, 0.717) is 0 Å². The standard InChI is InChI=1S/C12H15BrO/c13-12-8-9(2-1-7-14)3-6-11(12)10-4-5-10/h3,6,8,10,14H,1-2,4-5,7H2. The van der Waals surface area contributed by atoms with Crippen LogP contribution in [0.15, 0.2) is 22.7 Å². The smallest absolute Gasteiger partial charge is 0.0434 e. The molecule has 0 atom stereocenters. The van der Waals surface area contributed by atoms with Crippen molar-refractivity contribution in [2.45, 2.75) is 31.6 Å². The molecule has 0 unspecified atom stereocenters. The summed E-state index contributed by atoms with van der Waals surface area (Å²) in [5.74, 6) is 0.802. The molecule has 0 aromatic heterocycles. The zero-order chi connectivity index (χ0) is 9.97. The highest BCUT2D eigenvalue weighted by atomic mass is 79.9. The van der Waals surface area contributed by atoms with Crippen LogP contribution >= 0.6 is 15.9 Å². The van der Waals surface area contributed by atoms with Gasteiger partial charge in [-0.3, -0.25) is 0 Å². The molecule has 1 saturated carbocycles. The topological polar surface area (TPSA) is 20.2 Å². The van der Waals surface area contributed by atoms with Crippen molar-refractivity contribution in [2.24, 2.45) is 0 Å². The van der Waals surface area contributed by atoms with Gasteiger partial charge in [-0.25, -0.2) is 0 Å². The second-order valence-corrected chi connectivity index (χ2v) is 4.81.